The summed E-state index contributed by atoms with van der Waals surface area (Å²) in [6.45, 7) is 3.90. The van der Waals surface area contributed by atoms with Gasteiger partial charge in [-0.2, -0.15) is 0 Å². The summed E-state index contributed by atoms with van der Waals surface area (Å²) in [5, 5.41) is 0. The fourth-order valence-electron chi connectivity index (χ4n) is 4.66. The first-order valence-corrected chi connectivity index (χ1v) is 10.4. The van der Waals surface area contributed by atoms with E-state index in [-0.39, 0.29) is 11.5 Å². The van der Waals surface area contributed by atoms with Crippen molar-refractivity contribution < 1.29 is 9.59 Å². The minimum absolute atomic E-state index is 0.0137. The van der Waals surface area contributed by atoms with Crippen molar-refractivity contribution in [2.75, 3.05) is 26.2 Å². The van der Waals surface area contributed by atoms with Crippen molar-refractivity contribution in [2.24, 2.45) is 5.73 Å². The van der Waals surface area contributed by atoms with Crippen molar-refractivity contribution in [3.63, 3.8) is 0 Å². The number of aromatic amines is 2. The Morgan fingerprint density at radius 1 is 1.07 bits per heavy atom. The smallest absolute Gasteiger partial charge is 0.323 e. The van der Waals surface area contributed by atoms with Crippen LogP contribution < -0.4 is 11.4 Å². The van der Waals surface area contributed by atoms with Gasteiger partial charge in [0.25, 0.3) is 5.91 Å². The van der Waals surface area contributed by atoms with Gasteiger partial charge in [-0.3, -0.25) is 9.59 Å². The van der Waals surface area contributed by atoms with Gasteiger partial charge in [-0.1, -0.05) is 12.5 Å². The number of nitrogens with one attached hydrogen (secondary N) is 2. The number of likely N-dealkylation sites (tertiary alicyclic amines) is 2. The van der Waals surface area contributed by atoms with Gasteiger partial charge in [-0.05, 0) is 56.8 Å². The van der Waals surface area contributed by atoms with Gasteiger partial charge in [0.1, 0.15) is 0 Å². The van der Waals surface area contributed by atoms with Crippen molar-refractivity contribution in [1.82, 2.24) is 19.8 Å². The van der Waals surface area contributed by atoms with E-state index in [1.165, 1.54) is 32.4 Å². The first-order chi connectivity index (χ1) is 14.0. The molecule has 0 spiro atoms. The van der Waals surface area contributed by atoms with Crippen molar-refractivity contribution in [2.45, 2.75) is 44.6 Å². The second kappa shape index (κ2) is 8.41. The number of aromatic nitrogens is 2. The molecule has 4 rings (SSSR count). The molecule has 29 heavy (non-hydrogen) atoms. The quantitative estimate of drug-likeness (QED) is 0.701. The summed E-state index contributed by atoms with van der Waals surface area (Å²) in [5.41, 5.74) is 6.96. The Labute approximate surface area is 169 Å². The predicted octanol–water partition coefficient (Wildman–Crippen LogP) is 1.18. The zero-order valence-electron chi connectivity index (χ0n) is 16.6. The highest BCUT2D eigenvalue weighted by molar-refractivity contribution is 6.05. The van der Waals surface area contributed by atoms with Crippen LogP contribution in [-0.2, 0) is 11.2 Å². The number of hydrogen-bond donors (Lipinski definition) is 3. The highest BCUT2D eigenvalue weighted by atomic mass is 16.2. The van der Waals surface area contributed by atoms with E-state index in [2.05, 4.69) is 14.9 Å². The largest absolute Gasteiger partial charge is 0.366 e. The summed E-state index contributed by atoms with van der Waals surface area (Å²) in [5.74, 6) is -0.635. The van der Waals surface area contributed by atoms with E-state index in [1.807, 2.05) is 4.90 Å². The highest BCUT2D eigenvalue weighted by Crippen LogP contribution is 2.23. The number of amides is 2. The molecule has 0 saturated carbocycles. The molecule has 3 heterocycles. The lowest BCUT2D eigenvalue weighted by Gasteiger charge is -2.40. The molecule has 2 fully saturated rings. The van der Waals surface area contributed by atoms with Crippen LogP contribution in [0, 0.1) is 6.42 Å². The van der Waals surface area contributed by atoms with Crippen LogP contribution in [0.4, 0.5) is 0 Å². The summed E-state index contributed by atoms with van der Waals surface area (Å²) in [6.07, 6.45) is 7.84. The topological polar surface area (TPSA) is 115 Å². The maximum Gasteiger partial charge on any atom is 0.323 e. The summed E-state index contributed by atoms with van der Waals surface area (Å²) in [4.78, 5) is 45.9. The molecule has 0 atom stereocenters. The zero-order chi connectivity index (χ0) is 20.4. The number of imidazole rings is 1. The van der Waals surface area contributed by atoms with Gasteiger partial charge < -0.3 is 25.5 Å². The molecule has 0 unspecified atom stereocenters. The number of carbonyl (C=O) groups is 2. The summed E-state index contributed by atoms with van der Waals surface area (Å²) < 4.78 is 0. The molecule has 2 amide bonds. The van der Waals surface area contributed by atoms with Crippen LogP contribution in [-0.4, -0.2) is 63.8 Å². The number of primary amides is 1. The van der Waals surface area contributed by atoms with E-state index >= 15 is 0 Å². The van der Waals surface area contributed by atoms with Crippen LogP contribution in [0.5, 0.6) is 0 Å². The van der Waals surface area contributed by atoms with Crippen LogP contribution in [0.15, 0.2) is 16.9 Å². The van der Waals surface area contributed by atoms with Gasteiger partial charge in [0.2, 0.25) is 5.91 Å². The van der Waals surface area contributed by atoms with E-state index in [4.69, 9.17) is 5.73 Å². The number of fused-ring (bicyclic) bond motifs is 1. The second-order valence-corrected chi connectivity index (χ2v) is 8.03. The van der Waals surface area contributed by atoms with Crippen molar-refractivity contribution in [3.05, 3.63) is 40.2 Å². The number of carbonyl (C=O) groups excluding carboxylic acids is 2. The van der Waals surface area contributed by atoms with Gasteiger partial charge >= 0.3 is 5.69 Å². The minimum Gasteiger partial charge on any atom is -0.366 e. The first-order valence-electron chi connectivity index (χ1n) is 10.4. The molecule has 8 heteroatoms. The Morgan fingerprint density at radius 3 is 2.48 bits per heavy atom. The summed E-state index contributed by atoms with van der Waals surface area (Å²) in [6, 6.07) is 4.05. The Morgan fingerprint density at radius 2 is 1.79 bits per heavy atom. The molecule has 155 valence electrons. The van der Waals surface area contributed by atoms with Crippen LogP contribution in [0.25, 0.3) is 11.0 Å². The molecule has 1 radical (unpaired) electrons. The number of rotatable bonds is 5. The van der Waals surface area contributed by atoms with Crippen molar-refractivity contribution in [1.29, 1.82) is 0 Å². The van der Waals surface area contributed by atoms with E-state index in [0.717, 1.165) is 25.9 Å². The molecule has 2 saturated heterocycles. The zero-order valence-corrected chi connectivity index (χ0v) is 16.6. The number of H-pyrrole nitrogens is 2. The monoisotopic (exact) mass is 398 g/mol. The van der Waals surface area contributed by atoms with Crippen LogP contribution in [0.2, 0.25) is 0 Å². The molecule has 4 N–H and O–H groups in total. The lowest BCUT2D eigenvalue weighted by Crippen LogP contribution is -2.48. The van der Waals surface area contributed by atoms with Gasteiger partial charge in [-0.25, -0.2) is 4.79 Å². The molecular weight excluding hydrogens is 370 g/mol. The van der Waals surface area contributed by atoms with Crippen molar-refractivity contribution in [3.8, 4) is 0 Å². The molecule has 0 aliphatic carbocycles. The Kier molecular flexibility index (Phi) is 5.71. The predicted molar refractivity (Wildman–Crippen MR) is 110 cm³/mol. The Balaban J connectivity index is 1.37. The van der Waals surface area contributed by atoms with E-state index in [0.29, 0.717) is 29.1 Å². The first kappa shape index (κ1) is 19.7. The van der Waals surface area contributed by atoms with Crippen LogP contribution in [0.1, 0.15) is 48.0 Å². The minimum atomic E-state index is -0.621. The lowest BCUT2D eigenvalue weighted by atomic mass is 9.98. The standard InChI is InChI=1S/C21H28N5O3/c22-20(28)18-14(4-6-16-19(18)24-21(29)23-16)5-7-17(27)26-12-8-15(9-13-26)25-10-2-1-3-11-25/h4,6-7,15H,1-3,5,8-13H2,(H2,22,28)(H2,23,24,29). The third-order valence-electron chi connectivity index (χ3n) is 6.20. The maximum atomic E-state index is 12.7. The number of hydrogen-bond acceptors (Lipinski definition) is 4. The fraction of sp³-hybridized carbons (Fsp3) is 0.524. The highest BCUT2D eigenvalue weighted by Gasteiger charge is 2.27. The Hall–Kier alpha value is -2.61. The van der Waals surface area contributed by atoms with Gasteiger partial charge in [-0.15, -0.1) is 0 Å². The molecule has 2 aliphatic heterocycles. The third-order valence-corrected chi connectivity index (χ3v) is 6.20. The second-order valence-electron chi connectivity index (χ2n) is 8.03. The van der Waals surface area contributed by atoms with Gasteiger partial charge in [0.05, 0.1) is 23.0 Å². The number of piperidine rings is 2. The number of nitrogens with zero attached hydrogens (tertiary/aromatic N) is 2. The molecule has 2 aromatic rings. The fourth-order valence-corrected chi connectivity index (χ4v) is 4.66. The van der Waals surface area contributed by atoms with Crippen molar-refractivity contribution >= 4 is 22.8 Å². The summed E-state index contributed by atoms with van der Waals surface area (Å²) >= 11 is 0. The SMILES string of the molecule is NC(=O)c1c(C[CH]C(=O)N2CCC(N3CCCCC3)CC2)ccc2[nH]c(=O)[nH]c12. The molecule has 8 nitrogen and oxygen atoms in total. The number of nitrogens with two attached hydrogens (primary N) is 1. The molecule has 1 aromatic carbocycles. The number of benzene rings is 1. The average Bonchev–Trinajstić information content (AvgIpc) is 3.12. The van der Waals surface area contributed by atoms with Gasteiger partial charge in [0.15, 0.2) is 0 Å². The summed E-state index contributed by atoms with van der Waals surface area (Å²) in [7, 11) is 0. The molecule has 0 bridgehead atoms. The molecule has 2 aliphatic rings. The van der Waals surface area contributed by atoms with Gasteiger partial charge in [0, 0.05) is 19.1 Å². The van der Waals surface area contributed by atoms with Crippen LogP contribution >= 0.6 is 0 Å². The Bertz CT molecular complexity index is 949. The molecule has 1 aromatic heterocycles. The normalized spacial score (nSPS) is 19.0. The maximum absolute atomic E-state index is 12.7. The third kappa shape index (κ3) is 4.22. The molecular formula is C21H28N5O3. The van der Waals surface area contributed by atoms with E-state index in [1.54, 1.807) is 18.6 Å². The lowest BCUT2D eigenvalue weighted by molar-refractivity contribution is -0.129. The van der Waals surface area contributed by atoms with E-state index in [9.17, 15) is 14.4 Å². The van der Waals surface area contributed by atoms with E-state index < -0.39 is 11.6 Å². The average molecular weight is 398 g/mol. The van der Waals surface area contributed by atoms with Crippen LogP contribution in [0.3, 0.4) is 0 Å².